The number of rotatable bonds is 1. The summed E-state index contributed by atoms with van der Waals surface area (Å²) < 4.78 is 10.5. The second kappa shape index (κ2) is 4.31. The molecule has 2 aromatic heterocycles. The SMILES string of the molecule is COc1coc2ccc3nc4ccccc4cc3c2c1=O. The molecule has 2 aromatic carbocycles. The first-order valence-corrected chi connectivity index (χ1v) is 6.56. The van der Waals surface area contributed by atoms with Gasteiger partial charge < -0.3 is 9.15 Å². The lowest BCUT2D eigenvalue weighted by molar-refractivity contribution is 0.394. The van der Waals surface area contributed by atoms with Crippen molar-refractivity contribution in [3.63, 3.8) is 0 Å². The number of methoxy groups -OCH3 is 1. The zero-order valence-corrected chi connectivity index (χ0v) is 11.3. The van der Waals surface area contributed by atoms with E-state index in [1.807, 2.05) is 36.4 Å². The zero-order chi connectivity index (χ0) is 14.4. The van der Waals surface area contributed by atoms with Crippen LogP contribution in [0.1, 0.15) is 0 Å². The fraction of sp³-hybridized carbons (Fsp3) is 0.0588. The lowest BCUT2D eigenvalue weighted by Gasteiger charge is -2.06. The van der Waals surface area contributed by atoms with Gasteiger partial charge in [0.15, 0.2) is 0 Å². The summed E-state index contributed by atoms with van der Waals surface area (Å²) in [5.41, 5.74) is 2.02. The minimum Gasteiger partial charge on any atom is -0.490 e. The number of hydrogen-bond acceptors (Lipinski definition) is 4. The van der Waals surface area contributed by atoms with Crippen molar-refractivity contribution in [3.8, 4) is 5.75 Å². The molecule has 0 radical (unpaired) electrons. The van der Waals surface area contributed by atoms with Gasteiger partial charge in [0.2, 0.25) is 11.2 Å². The number of aromatic nitrogens is 1. The smallest absolute Gasteiger partial charge is 0.235 e. The van der Waals surface area contributed by atoms with E-state index in [2.05, 4.69) is 4.98 Å². The first-order valence-electron chi connectivity index (χ1n) is 6.56. The van der Waals surface area contributed by atoms with E-state index in [4.69, 9.17) is 9.15 Å². The minimum absolute atomic E-state index is 0.179. The summed E-state index contributed by atoms with van der Waals surface area (Å²) >= 11 is 0. The number of ether oxygens (including phenoxy) is 1. The maximum atomic E-state index is 12.5. The third-order valence-corrected chi connectivity index (χ3v) is 3.63. The van der Waals surface area contributed by atoms with Crippen LogP contribution < -0.4 is 10.2 Å². The van der Waals surface area contributed by atoms with Gasteiger partial charge in [-0.25, -0.2) is 4.98 Å². The second-order valence-electron chi connectivity index (χ2n) is 4.82. The number of benzene rings is 2. The van der Waals surface area contributed by atoms with E-state index in [-0.39, 0.29) is 11.2 Å². The normalized spacial score (nSPS) is 11.3. The Morgan fingerprint density at radius 3 is 2.81 bits per heavy atom. The van der Waals surface area contributed by atoms with Crippen LogP contribution in [-0.4, -0.2) is 12.1 Å². The number of pyridine rings is 1. The van der Waals surface area contributed by atoms with Crippen molar-refractivity contribution in [1.29, 1.82) is 0 Å². The van der Waals surface area contributed by atoms with Crippen molar-refractivity contribution < 1.29 is 9.15 Å². The van der Waals surface area contributed by atoms with Crippen LogP contribution in [0.15, 0.2) is 57.9 Å². The molecule has 4 aromatic rings. The molecule has 4 nitrogen and oxygen atoms in total. The van der Waals surface area contributed by atoms with Crippen LogP contribution in [-0.2, 0) is 0 Å². The molecule has 102 valence electrons. The molecular formula is C17H11NO3. The summed E-state index contributed by atoms with van der Waals surface area (Å²) in [5.74, 6) is 0.197. The highest BCUT2D eigenvalue weighted by Crippen LogP contribution is 2.26. The molecule has 0 unspecified atom stereocenters. The lowest BCUT2D eigenvalue weighted by Crippen LogP contribution is -2.05. The molecule has 4 heteroatoms. The van der Waals surface area contributed by atoms with Crippen LogP contribution in [0, 0.1) is 0 Å². The van der Waals surface area contributed by atoms with E-state index in [9.17, 15) is 4.79 Å². The standard InChI is InChI=1S/C17H11NO3/c1-20-15-9-21-14-7-6-13-11(16(14)17(15)19)8-10-4-2-3-5-12(10)18-13/h2-9H,1H3. The Morgan fingerprint density at radius 1 is 1.10 bits per heavy atom. The maximum absolute atomic E-state index is 12.5. The van der Waals surface area contributed by atoms with Gasteiger partial charge in [-0.15, -0.1) is 0 Å². The number of para-hydroxylation sites is 1. The van der Waals surface area contributed by atoms with Gasteiger partial charge in [0, 0.05) is 10.8 Å². The van der Waals surface area contributed by atoms with Gasteiger partial charge in [-0.05, 0) is 24.3 Å². The molecule has 0 aliphatic heterocycles. The summed E-state index contributed by atoms with van der Waals surface area (Å²) in [5, 5.41) is 2.27. The average Bonchev–Trinajstić information content (AvgIpc) is 2.53. The van der Waals surface area contributed by atoms with Crippen molar-refractivity contribution in [2.24, 2.45) is 0 Å². The number of hydrogen-bond donors (Lipinski definition) is 0. The van der Waals surface area contributed by atoms with Crippen molar-refractivity contribution >= 4 is 32.8 Å². The highest BCUT2D eigenvalue weighted by Gasteiger charge is 2.12. The predicted molar refractivity (Wildman–Crippen MR) is 81.8 cm³/mol. The summed E-state index contributed by atoms with van der Waals surface area (Å²) in [6, 6.07) is 13.4. The summed E-state index contributed by atoms with van der Waals surface area (Å²) in [6.45, 7) is 0. The Labute approximate surface area is 119 Å². The van der Waals surface area contributed by atoms with E-state index in [1.165, 1.54) is 13.4 Å². The van der Waals surface area contributed by atoms with Gasteiger partial charge >= 0.3 is 0 Å². The molecule has 0 saturated carbocycles. The third kappa shape index (κ3) is 1.69. The molecule has 2 heterocycles. The van der Waals surface area contributed by atoms with E-state index >= 15 is 0 Å². The Kier molecular flexibility index (Phi) is 2.44. The molecule has 0 bridgehead atoms. The van der Waals surface area contributed by atoms with E-state index in [0.29, 0.717) is 11.0 Å². The largest absolute Gasteiger partial charge is 0.490 e. The number of nitrogens with zero attached hydrogens (tertiary/aromatic N) is 1. The molecule has 0 N–H and O–H groups in total. The predicted octanol–water partition coefficient (Wildman–Crippen LogP) is 3.50. The summed E-state index contributed by atoms with van der Waals surface area (Å²) in [4.78, 5) is 17.1. The fourth-order valence-electron chi connectivity index (χ4n) is 2.60. The Bertz CT molecular complexity index is 1050. The van der Waals surface area contributed by atoms with Crippen LogP contribution in [0.4, 0.5) is 0 Å². The van der Waals surface area contributed by atoms with Crippen molar-refractivity contribution in [3.05, 3.63) is 59.0 Å². The molecule has 0 amide bonds. The molecule has 0 saturated heterocycles. The van der Waals surface area contributed by atoms with Gasteiger partial charge in [0.05, 0.1) is 23.5 Å². The van der Waals surface area contributed by atoms with Crippen LogP contribution in [0.5, 0.6) is 5.75 Å². The van der Waals surface area contributed by atoms with Crippen LogP contribution in [0.25, 0.3) is 32.8 Å². The van der Waals surface area contributed by atoms with Crippen LogP contribution in [0.3, 0.4) is 0 Å². The quantitative estimate of drug-likeness (QED) is 0.394. The molecule has 0 aliphatic rings. The zero-order valence-electron chi connectivity index (χ0n) is 11.3. The molecule has 0 atom stereocenters. The van der Waals surface area contributed by atoms with E-state index in [1.54, 1.807) is 6.07 Å². The molecule has 21 heavy (non-hydrogen) atoms. The molecular weight excluding hydrogens is 266 g/mol. The van der Waals surface area contributed by atoms with E-state index in [0.717, 1.165) is 21.8 Å². The Hall–Kier alpha value is -2.88. The second-order valence-corrected chi connectivity index (χ2v) is 4.82. The van der Waals surface area contributed by atoms with E-state index < -0.39 is 0 Å². The molecule has 4 rings (SSSR count). The highest BCUT2D eigenvalue weighted by molar-refractivity contribution is 6.08. The lowest BCUT2D eigenvalue weighted by atomic mass is 10.1. The average molecular weight is 277 g/mol. The minimum atomic E-state index is -0.179. The molecule has 0 spiro atoms. The first-order chi connectivity index (χ1) is 10.3. The molecule has 0 aliphatic carbocycles. The maximum Gasteiger partial charge on any atom is 0.235 e. The van der Waals surface area contributed by atoms with Crippen molar-refractivity contribution in [2.75, 3.05) is 7.11 Å². The van der Waals surface area contributed by atoms with Gasteiger partial charge in [0.1, 0.15) is 11.8 Å². The highest BCUT2D eigenvalue weighted by atomic mass is 16.5. The third-order valence-electron chi connectivity index (χ3n) is 3.63. The first kappa shape index (κ1) is 11.9. The summed E-state index contributed by atoms with van der Waals surface area (Å²) in [6.07, 6.45) is 1.34. The number of fused-ring (bicyclic) bond motifs is 4. The van der Waals surface area contributed by atoms with Gasteiger partial charge in [-0.2, -0.15) is 0 Å². The molecule has 0 fully saturated rings. The topological polar surface area (TPSA) is 52.3 Å². The van der Waals surface area contributed by atoms with Crippen LogP contribution >= 0.6 is 0 Å². The van der Waals surface area contributed by atoms with Gasteiger partial charge in [-0.3, -0.25) is 4.79 Å². The van der Waals surface area contributed by atoms with Gasteiger partial charge in [0.25, 0.3) is 0 Å². The fourth-order valence-corrected chi connectivity index (χ4v) is 2.60. The van der Waals surface area contributed by atoms with Gasteiger partial charge in [-0.1, -0.05) is 18.2 Å². The Balaban J connectivity index is 2.26. The Morgan fingerprint density at radius 2 is 1.95 bits per heavy atom. The van der Waals surface area contributed by atoms with Crippen molar-refractivity contribution in [2.45, 2.75) is 0 Å². The summed E-state index contributed by atoms with van der Waals surface area (Å²) in [7, 11) is 1.46. The monoisotopic (exact) mass is 277 g/mol. The van der Waals surface area contributed by atoms with Crippen LogP contribution in [0.2, 0.25) is 0 Å². The van der Waals surface area contributed by atoms with Crippen molar-refractivity contribution in [1.82, 2.24) is 4.98 Å².